The van der Waals surface area contributed by atoms with Crippen LogP contribution in [0.1, 0.15) is 41.6 Å². The van der Waals surface area contributed by atoms with Gasteiger partial charge in [-0.05, 0) is 31.0 Å². The maximum atomic E-state index is 13.2. The fraction of sp³-hybridized carbons (Fsp3) is 0.333. The molecule has 2 N–H and O–H groups in total. The van der Waals surface area contributed by atoms with Gasteiger partial charge in [-0.1, -0.05) is 25.0 Å². The van der Waals surface area contributed by atoms with Crippen LogP contribution in [0.2, 0.25) is 0 Å². The van der Waals surface area contributed by atoms with E-state index >= 15 is 0 Å². The summed E-state index contributed by atoms with van der Waals surface area (Å²) in [5, 5.41) is 16.1. The van der Waals surface area contributed by atoms with Gasteiger partial charge in [0.15, 0.2) is 6.61 Å². The Kier molecular flexibility index (Phi) is 6.96. The van der Waals surface area contributed by atoms with Crippen molar-refractivity contribution in [2.45, 2.75) is 37.9 Å². The molecule has 11 heteroatoms. The topological polar surface area (TPSA) is 111 Å². The number of halogens is 3. The summed E-state index contributed by atoms with van der Waals surface area (Å²) in [6.45, 7) is -0.792. The summed E-state index contributed by atoms with van der Waals surface area (Å²) < 4.78 is 44.7. The number of non-ortho nitro benzene ring substituents is 1. The number of carbonyl (C=O) groups excluding carboxylic acids is 2. The minimum atomic E-state index is -4.91. The molecule has 0 aromatic heterocycles. The van der Waals surface area contributed by atoms with Crippen LogP contribution in [-0.4, -0.2) is 29.4 Å². The summed E-state index contributed by atoms with van der Waals surface area (Å²) in [5.41, 5.74) is -1.71. The molecule has 170 valence electrons. The largest absolute Gasteiger partial charge is 0.483 e. The number of hydrogen-bond acceptors (Lipinski definition) is 5. The van der Waals surface area contributed by atoms with E-state index in [1.54, 1.807) is 12.1 Å². The number of amides is 2. The summed E-state index contributed by atoms with van der Waals surface area (Å²) >= 11 is 0. The molecule has 0 radical (unpaired) electrons. The second-order valence-corrected chi connectivity index (χ2v) is 7.27. The molecule has 1 aliphatic rings. The van der Waals surface area contributed by atoms with Gasteiger partial charge in [0, 0.05) is 18.2 Å². The van der Waals surface area contributed by atoms with E-state index in [0.717, 1.165) is 37.8 Å². The lowest BCUT2D eigenvalue weighted by Crippen LogP contribution is -2.33. The van der Waals surface area contributed by atoms with Gasteiger partial charge in [0.05, 0.1) is 16.2 Å². The maximum Gasteiger partial charge on any atom is 0.420 e. The first-order chi connectivity index (χ1) is 15.1. The Bertz CT molecular complexity index is 1020. The van der Waals surface area contributed by atoms with Gasteiger partial charge >= 0.3 is 6.18 Å². The lowest BCUT2D eigenvalue weighted by Gasteiger charge is -2.16. The summed E-state index contributed by atoms with van der Waals surface area (Å²) in [6, 6.07) is 8.30. The van der Waals surface area contributed by atoms with Crippen LogP contribution in [0.3, 0.4) is 0 Å². The van der Waals surface area contributed by atoms with E-state index in [1.807, 2.05) is 0 Å². The van der Waals surface area contributed by atoms with E-state index in [0.29, 0.717) is 6.07 Å². The van der Waals surface area contributed by atoms with Gasteiger partial charge in [-0.15, -0.1) is 0 Å². The molecule has 1 saturated carbocycles. The molecule has 2 amide bonds. The van der Waals surface area contributed by atoms with Gasteiger partial charge < -0.3 is 15.4 Å². The Labute approximate surface area is 180 Å². The molecule has 32 heavy (non-hydrogen) atoms. The third kappa shape index (κ3) is 5.74. The Morgan fingerprint density at radius 3 is 2.47 bits per heavy atom. The molecule has 1 fully saturated rings. The highest BCUT2D eigenvalue weighted by atomic mass is 19.4. The molecule has 1 aliphatic carbocycles. The lowest BCUT2D eigenvalue weighted by molar-refractivity contribution is -0.385. The van der Waals surface area contributed by atoms with E-state index in [2.05, 4.69) is 10.6 Å². The van der Waals surface area contributed by atoms with Crippen LogP contribution in [0.25, 0.3) is 0 Å². The predicted octanol–water partition coefficient (Wildman–Crippen LogP) is 4.30. The molecule has 0 heterocycles. The normalized spacial score (nSPS) is 14.1. The molecule has 0 saturated heterocycles. The number of ether oxygens (including phenoxy) is 1. The molecular formula is C21H20F3N3O5. The fourth-order valence-corrected chi connectivity index (χ4v) is 3.43. The standard InChI is InChI=1S/C21H20F3N3O5/c22-21(23,24)16-11-14(27(30)31)9-10-18(16)32-12-19(28)26-17-8-4-3-7-15(17)20(29)25-13-5-1-2-6-13/h3-4,7-11,13H,1-2,5-6,12H2,(H,25,29)(H,26,28). The number of carbonyl (C=O) groups is 2. The van der Waals surface area contributed by atoms with E-state index < -0.39 is 40.6 Å². The first-order valence-corrected chi connectivity index (χ1v) is 9.83. The highest BCUT2D eigenvalue weighted by molar-refractivity contribution is 6.04. The van der Waals surface area contributed by atoms with Crippen molar-refractivity contribution in [3.05, 3.63) is 63.7 Å². The van der Waals surface area contributed by atoms with Crippen molar-refractivity contribution in [2.24, 2.45) is 0 Å². The Hall–Kier alpha value is -3.63. The van der Waals surface area contributed by atoms with Crippen LogP contribution in [0.15, 0.2) is 42.5 Å². The van der Waals surface area contributed by atoms with Crippen LogP contribution < -0.4 is 15.4 Å². The van der Waals surface area contributed by atoms with Crippen LogP contribution in [0.5, 0.6) is 5.75 Å². The number of nitro groups is 1. The van der Waals surface area contributed by atoms with Crippen molar-refractivity contribution in [3.8, 4) is 5.75 Å². The number of rotatable bonds is 7. The summed E-state index contributed by atoms with van der Waals surface area (Å²) in [7, 11) is 0. The number of hydrogen-bond donors (Lipinski definition) is 2. The molecule has 0 bridgehead atoms. The first kappa shape index (κ1) is 23.0. The number of nitro benzene ring substituents is 1. The summed E-state index contributed by atoms with van der Waals surface area (Å²) in [4.78, 5) is 34.6. The zero-order valence-corrected chi connectivity index (χ0v) is 16.8. The van der Waals surface area contributed by atoms with Crippen LogP contribution in [-0.2, 0) is 11.0 Å². The Morgan fingerprint density at radius 2 is 1.81 bits per heavy atom. The van der Waals surface area contributed by atoms with Crippen LogP contribution in [0.4, 0.5) is 24.5 Å². The third-order valence-electron chi connectivity index (χ3n) is 4.97. The quantitative estimate of drug-likeness (QED) is 0.482. The van der Waals surface area contributed by atoms with Gasteiger partial charge in [-0.2, -0.15) is 13.2 Å². The first-order valence-electron chi connectivity index (χ1n) is 9.83. The summed E-state index contributed by atoms with van der Waals surface area (Å²) in [6.07, 6.45) is -1.09. The molecule has 8 nitrogen and oxygen atoms in total. The van der Waals surface area contributed by atoms with Gasteiger partial charge in [0.2, 0.25) is 0 Å². The van der Waals surface area contributed by atoms with Crippen LogP contribution >= 0.6 is 0 Å². The number of para-hydroxylation sites is 1. The van der Waals surface area contributed by atoms with Crippen molar-refractivity contribution < 1.29 is 32.4 Å². The highest BCUT2D eigenvalue weighted by Gasteiger charge is 2.36. The second-order valence-electron chi connectivity index (χ2n) is 7.27. The highest BCUT2D eigenvalue weighted by Crippen LogP contribution is 2.38. The minimum absolute atomic E-state index is 0.0671. The third-order valence-corrected chi connectivity index (χ3v) is 4.97. The van der Waals surface area contributed by atoms with Crippen molar-refractivity contribution in [2.75, 3.05) is 11.9 Å². The van der Waals surface area contributed by atoms with Crippen molar-refractivity contribution in [1.82, 2.24) is 5.32 Å². The molecule has 0 atom stereocenters. The molecular weight excluding hydrogens is 431 g/mol. The molecule has 0 spiro atoms. The van der Waals surface area contributed by atoms with E-state index in [1.165, 1.54) is 12.1 Å². The monoisotopic (exact) mass is 451 g/mol. The van der Waals surface area contributed by atoms with Gasteiger partial charge in [0.25, 0.3) is 17.5 Å². The zero-order valence-electron chi connectivity index (χ0n) is 16.8. The van der Waals surface area contributed by atoms with Gasteiger partial charge in [0.1, 0.15) is 11.3 Å². The van der Waals surface area contributed by atoms with Gasteiger partial charge in [-0.25, -0.2) is 0 Å². The maximum absolute atomic E-state index is 13.2. The predicted molar refractivity (Wildman–Crippen MR) is 108 cm³/mol. The zero-order chi connectivity index (χ0) is 23.3. The molecule has 3 rings (SSSR count). The number of anilines is 1. The second kappa shape index (κ2) is 9.67. The fourth-order valence-electron chi connectivity index (χ4n) is 3.43. The van der Waals surface area contributed by atoms with Crippen molar-refractivity contribution in [3.63, 3.8) is 0 Å². The van der Waals surface area contributed by atoms with E-state index in [9.17, 15) is 32.9 Å². The molecule has 2 aromatic rings. The average molecular weight is 451 g/mol. The average Bonchev–Trinajstić information content (AvgIpc) is 3.24. The lowest BCUT2D eigenvalue weighted by atomic mass is 10.1. The molecule has 2 aromatic carbocycles. The van der Waals surface area contributed by atoms with E-state index in [4.69, 9.17) is 4.74 Å². The summed E-state index contributed by atoms with van der Waals surface area (Å²) in [5.74, 6) is -1.87. The number of benzene rings is 2. The molecule has 0 unspecified atom stereocenters. The smallest absolute Gasteiger partial charge is 0.420 e. The van der Waals surface area contributed by atoms with Crippen molar-refractivity contribution >= 4 is 23.2 Å². The molecule has 0 aliphatic heterocycles. The Morgan fingerprint density at radius 1 is 1.12 bits per heavy atom. The van der Waals surface area contributed by atoms with E-state index in [-0.39, 0.29) is 23.2 Å². The van der Waals surface area contributed by atoms with Crippen molar-refractivity contribution in [1.29, 1.82) is 0 Å². The minimum Gasteiger partial charge on any atom is -0.483 e. The van der Waals surface area contributed by atoms with Crippen LogP contribution in [0, 0.1) is 10.1 Å². The number of nitrogens with one attached hydrogen (secondary N) is 2. The van der Waals surface area contributed by atoms with Gasteiger partial charge in [-0.3, -0.25) is 19.7 Å². The number of alkyl halides is 3. The SMILES string of the molecule is O=C(COc1ccc([N+](=O)[O-])cc1C(F)(F)F)Nc1ccccc1C(=O)NC1CCCC1. The number of nitrogens with zero attached hydrogens (tertiary/aromatic N) is 1. The Balaban J connectivity index is 1.68.